The highest BCUT2D eigenvalue weighted by molar-refractivity contribution is 4.71. The molecule has 1 saturated heterocycles. The van der Waals surface area contributed by atoms with Gasteiger partial charge in [0.1, 0.15) is 0 Å². The molecule has 0 amide bonds. The Labute approximate surface area is 117 Å². The number of nitrogens with zero attached hydrogens (tertiary/aromatic N) is 3. The molecule has 1 aliphatic rings. The zero-order chi connectivity index (χ0) is 14.3. The molecule has 1 fully saturated rings. The minimum absolute atomic E-state index is 0.331. The van der Waals surface area contributed by atoms with Crippen LogP contribution in [-0.4, -0.2) is 96.5 Å². The molecule has 0 bridgehead atoms. The lowest BCUT2D eigenvalue weighted by atomic mass is 10.2. The summed E-state index contributed by atoms with van der Waals surface area (Å²) in [5.74, 6) is 0. The molecule has 0 aromatic carbocycles. The smallest absolute Gasteiger partial charge is 0.0639 e. The van der Waals surface area contributed by atoms with Gasteiger partial charge in [-0.05, 0) is 40.4 Å². The predicted octanol–water partition coefficient (Wildman–Crippen LogP) is -0.312. The Balaban J connectivity index is 2.19. The van der Waals surface area contributed by atoms with E-state index in [9.17, 15) is 10.2 Å². The number of aliphatic hydroxyl groups is 2. The number of hydrogen-bond donors (Lipinski definition) is 2. The van der Waals surface area contributed by atoms with Crippen molar-refractivity contribution in [3.63, 3.8) is 0 Å². The normalized spacial score (nSPS) is 21.8. The van der Waals surface area contributed by atoms with Crippen molar-refractivity contribution in [1.29, 1.82) is 0 Å². The minimum atomic E-state index is -0.331. The lowest BCUT2D eigenvalue weighted by Crippen LogP contribution is -2.45. The molecule has 114 valence electrons. The van der Waals surface area contributed by atoms with E-state index in [0.29, 0.717) is 13.1 Å². The second kappa shape index (κ2) is 8.87. The monoisotopic (exact) mass is 273 g/mol. The van der Waals surface area contributed by atoms with Gasteiger partial charge in [-0.3, -0.25) is 4.90 Å². The van der Waals surface area contributed by atoms with Crippen LogP contribution < -0.4 is 0 Å². The van der Waals surface area contributed by atoms with Crippen LogP contribution in [0, 0.1) is 0 Å². The highest BCUT2D eigenvalue weighted by Crippen LogP contribution is 2.02. The van der Waals surface area contributed by atoms with Crippen LogP contribution in [0.3, 0.4) is 0 Å². The first-order valence-electron chi connectivity index (χ1n) is 7.46. The van der Waals surface area contributed by atoms with E-state index in [1.54, 1.807) is 13.8 Å². The molecule has 2 N–H and O–H groups in total. The average Bonchev–Trinajstić information content (AvgIpc) is 2.30. The van der Waals surface area contributed by atoms with E-state index in [-0.39, 0.29) is 12.2 Å². The van der Waals surface area contributed by atoms with Crippen molar-refractivity contribution in [2.45, 2.75) is 32.5 Å². The Morgan fingerprint density at radius 1 is 1.00 bits per heavy atom. The van der Waals surface area contributed by atoms with Crippen LogP contribution >= 0.6 is 0 Å². The Morgan fingerprint density at radius 2 is 1.53 bits per heavy atom. The van der Waals surface area contributed by atoms with E-state index in [1.165, 1.54) is 0 Å². The maximum Gasteiger partial charge on any atom is 0.0639 e. The summed E-state index contributed by atoms with van der Waals surface area (Å²) >= 11 is 0. The summed E-state index contributed by atoms with van der Waals surface area (Å²) in [6, 6.07) is 0. The lowest BCUT2D eigenvalue weighted by molar-refractivity contribution is 0.0783. The van der Waals surface area contributed by atoms with Crippen LogP contribution in [0.4, 0.5) is 0 Å². The van der Waals surface area contributed by atoms with Crippen molar-refractivity contribution in [3.05, 3.63) is 0 Å². The van der Waals surface area contributed by atoms with E-state index in [1.807, 2.05) is 0 Å². The number of aliphatic hydroxyl groups excluding tert-OH is 2. The summed E-state index contributed by atoms with van der Waals surface area (Å²) in [5.41, 5.74) is 0. The van der Waals surface area contributed by atoms with Crippen LogP contribution in [0.5, 0.6) is 0 Å². The lowest BCUT2D eigenvalue weighted by Gasteiger charge is -2.33. The molecule has 5 nitrogen and oxygen atoms in total. The molecule has 0 aliphatic carbocycles. The van der Waals surface area contributed by atoms with Crippen LogP contribution in [0.2, 0.25) is 0 Å². The van der Waals surface area contributed by atoms with Gasteiger partial charge in [-0.15, -0.1) is 0 Å². The third kappa shape index (κ3) is 7.84. The molecule has 0 aromatic heterocycles. The van der Waals surface area contributed by atoms with Crippen molar-refractivity contribution in [1.82, 2.24) is 14.7 Å². The number of likely N-dealkylation sites (N-methyl/N-ethyl adjacent to an activating group) is 1. The third-order valence-corrected chi connectivity index (χ3v) is 3.59. The molecular weight excluding hydrogens is 242 g/mol. The van der Waals surface area contributed by atoms with E-state index < -0.39 is 0 Å². The number of piperazine rings is 1. The van der Waals surface area contributed by atoms with E-state index in [4.69, 9.17) is 0 Å². The molecule has 2 unspecified atom stereocenters. The zero-order valence-electron chi connectivity index (χ0n) is 12.8. The molecule has 0 aromatic rings. The molecule has 19 heavy (non-hydrogen) atoms. The first-order chi connectivity index (χ1) is 8.97. The molecule has 0 spiro atoms. The summed E-state index contributed by atoms with van der Waals surface area (Å²) in [6.07, 6.45) is 0.438. The summed E-state index contributed by atoms with van der Waals surface area (Å²) in [6.45, 7) is 11.6. The minimum Gasteiger partial charge on any atom is -0.392 e. The Morgan fingerprint density at radius 3 is 2.00 bits per heavy atom. The molecular formula is C14H31N3O2. The summed E-state index contributed by atoms with van der Waals surface area (Å²) in [7, 11) is 2.17. The first kappa shape index (κ1) is 16.9. The highest BCUT2D eigenvalue weighted by atomic mass is 16.3. The van der Waals surface area contributed by atoms with Gasteiger partial charge in [-0.2, -0.15) is 0 Å². The maximum atomic E-state index is 9.47. The first-order valence-corrected chi connectivity index (χ1v) is 7.46. The van der Waals surface area contributed by atoms with Gasteiger partial charge in [0.25, 0.3) is 0 Å². The van der Waals surface area contributed by atoms with Gasteiger partial charge in [0.2, 0.25) is 0 Å². The van der Waals surface area contributed by atoms with Gasteiger partial charge in [0.05, 0.1) is 12.2 Å². The molecule has 0 radical (unpaired) electrons. The van der Waals surface area contributed by atoms with Gasteiger partial charge >= 0.3 is 0 Å². The molecule has 0 saturated carbocycles. The van der Waals surface area contributed by atoms with Crippen molar-refractivity contribution in [2.75, 3.05) is 59.4 Å². The van der Waals surface area contributed by atoms with Gasteiger partial charge in [0.15, 0.2) is 0 Å². The van der Waals surface area contributed by atoms with E-state index in [2.05, 4.69) is 21.7 Å². The van der Waals surface area contributed by atoms with Crippen LogP contribution in [-0.2, 0) is 0 Å². The third-order valence-electron chi connectivity index (χ3n) is 3.59. The van der Waals surface area contributed by atoms with Crippen LogP contribution in [0.15, 0.2) is 0 Å². The number of rotatable bonds is 8. The van der Waals surface area contributed by atoms with Crippen LogP contribution in [0.25, 0.3) is 0 Å². The molecule has 1 aliphatic heterocycles. The van der Waals surface area contributed by atoms with Crippen molar-refractivity contribution < 1.29 is 10.2 Å². The fraction of sp³-hybridized carbons (Fsp3) is 1.00. The van der Waals surface area contributed by atoms with Gasteiger partial charge in [-0.25, -0.2) is 0 Å². The number of hydrogen-bond acceptors (Lipinski definition) is 5. The summed E-state index contributed by atoms with van der Waals surface area (Å²) in [4.78, 5) is 7.03. The Bertz CT molecular complexity index is 219. The average molecular weight is 273 g/mol. The van der Waals surface area contributed by atoms with Crippen molar-refractivity contribution >= 4 is 0 Å². The SMILES string of the molecule is CC(O)CN(CCCN1CCN(C)CC1)CC(C)O. The fourth-order valence-electron chi connectivity index (χ4n) is 2.59. The van der Waals surface area contributed by atoms with Gasteiger partial charge in [-0.1, -0.05) is 0 Å². The van der Waals surface area contributed by atoms with Crippen molar-refractivity contribution in [3.8, 4) is 0 Å². The maximum absolute atomic E-state index is 9.47. The van der Waals surface area contributed by atoms with E-state index >= 15 is 0 Å². The standard InChI is InChI=1S/C14H31N3O2/c1-13(18)11-17(12-14(2)19)6-4-5-16-9-7-15(3)8-10-16/h13-14,18-19H,4-12H2,1-3H3. The van der Waals surface area contributed by atoms with Gasteiger partial charge in [0, 0.05) is 39.3 Å². The van der Waals surface area contributed by atoms with Crippen molar-refractivity contribution in [2.24, 2.45) is 0 Å². The Hall–Kier alpha value is -0.200. The topological polar surface area (TPSA) is 50.2 Å². The Kier molecular flexibility index (Phi) is 7.87. The highest BCUT2D eigenvalue weighted by Gasteiger charge is 2.15. The molecule has 2 atom stereocenters. The second-order valence-corrected chi connectivity index (χ2v) is 5.96. The largest absolute Gasteiger partial charge is 0.392 e. The quantitative estimate of drug-likeness (QED) is 0.635. The summed E-state index contributed by atoms with van der Waals surface area (Å²) < 4.78 is 0. The zero-order valence-corrected chi connectivity index (χ0v) is 12.8. The predicted molar refractivity (Wildman–Crippen MR) is 78.4 cm³/mol. The van der Waals surface area contributed by atoms with Gasteiger partial charge < -0.3 is 20.0 Å². The second-order valence-electron chi connectivity index (χ2n) is 5.96. The van der Waals surface area contributed by atoms with Crippen LogP contribution in [0.1, 0.15) is 20.3 Å². The molecule has 1 heterocycles. The van der Waals surface area contributed by atoms with E-state index in [0.717, 1.165) is 45.7 Å². The fourth-order valence-corrected chi connectivity index (χ4v) is 2.59. The molecule has 1 rings (SSSR count). The molecule has 5 heteroatoms. The summed E-state index contributed by atoms with van der Waals surface area (Å²) in [5, 5.41) is 18.9.